The maximum absolute atomic E-state index is 11.3. The fraction of sp³-hybridized carbons (Fsp3) is 0.154. The number of nitrogens with zero attached hydrogens (tertiary/aromatic N) is 3. The molecular formula is C13H11BrClN3O2. The number of carbonyl (C=O) groups is 1. The van der Waals surface area contributed by atoms with Crippen LogP contribution in [0.4, 0.5) is 0 Å². The lowest BCUT2D eigenvalue weighted by molar-refractivity contribution is -0.137. The molecule has 7 heteroatoms. The van der Waals surface area contributed by atoms with E-state index in [0.29, 0.717) is 27.7 Å². The molecule has 0 aliphatic carbocycles. The Kier molecular flexibility index (Phi) is 4.92. The van der Waals surface area contributed by atoms with Crippen molar-refractivity contribution in [1.29, 1.82) is 0 Å². The number of hydrogen-bond acceptors (Lipinski definition) is 4. The molecule has 0 spiro atoms. The second-order valence-electron chi connectivity index (χ2n) is 3.70. The Hall–Kier alpha value is -1.66. The maximum Gasteiger partial charge on any atom is 0.330 e. The van der Waals surface area contributed by atoms with Crippen molar-refractivity contribution in [2.45, 2.75) is 6.92 Å². The summed E-state index contributed by atoms with van der Waals surface area (Å²) in [6.07, 6.45) is 4.55. The zero-order chi connectivity index (χ0) is 14.5. The van der Waals surface area contributed by atoms with E-state index in [9.17, 15) is 4.79 Å². The van der Waals surface area contributed by atoms with E-state index >= 15 is 0 Å². The van der Waals surface area contributed by atoms with Crippen molar-refractivity contribution in [3.8, 4) is 5.82 Å². The van der Waals surface area contributed by atoms with Gasteiger partial charge in [0.1, 0.15) is 4.60 Å². The van der Waals surface area contributed by atoms with Crippen LogP contribution in [0.3, 0.4) is 0 Å². The summed E-state index contributed by atoms with van der Waals surface area (Å²) < 4.78 is 6.99. The average Bonchev–Trinajstić information content (AvgIpc) is 2.78. The van der Waals surface area contributed by atoms with Gasteiger partial charge in [-0.3, -0.25) is 0 Å². The second kappa shape index (κ2) is 6.67. The lowest BCUT2D eigenvalue weighted by Gasteiger charge is -2.04. The average molecular weight is 357 g/mol. The Bertz CT molecular complexity index is 655. The normalized spacial score (nSPS) is 10.9. The minimum atomic E-state index is -0.413. The SMILES string of the molecule is CCOC(=O)/C=C/c1cc(Br)nn1-c1ncccc1Cl. The van der Waals surface area contributed by atoms with Gasteiger partial charge in [0.05, 0.1) is 17.3 Å². The lowest BCUT2D eigenvalue weighted by Crippen LogP contribution is -2.03. The molecule has 2 aromatic rings. The van der Waals surface area contributed by atoms with Crippen LogP contribution < -0.4 is 0 Å². The van der Waals surface area contributed by atoms with E-state index in [0.717, 1.165) is 0 Å². The standard InChI is InChI=1S/C13H11BrClN3O2/c1-2-20-12(19)6-5-9-8-11(14)17-18(9)13-10(15)4-3-7-16-13/h3-8H,2H2,1H3/b6-5+. The molecule has 0 bridgehead atoms. The maximum atomic E-state index is 11.3. The van der Waals surface area contributed by atoms with E-state index in [2.05, 4.69) is 26.0 Å². The number of aromatic nitrogens is 3. The summed E-state index contributed by atoms with van der Waals surface area (Å²) in [5.41, 5.74) is 0.658. The van der Waals surface area contributed by atoms with Gasteiger partial charge in [0, 0.05) is 12.3 Å². The van der Waals surface area contributed by atoms with Gasteiger partial charge in [-0.1, -0.05) is 11.6 Å². The Morgan fingerprint density at radius 2 is 2.40 bits per heavy atom. The van der Waals surface area contributed by atoms with E-state index in [1.165, 1.54) is 6.08 Å². The van der Waals surface area contributed by atoms with Crippen molar-refractivity contribution in [3.05, 3.63) is 45.8 Å². The van der Waals surface area contributed by atoms with Crippen molar-refractivity contribution in [2.75, 3.05) is 6.61 Å². The first-order chi connectivity index (χ1) is 9.61. The van der Waals surface area contributed by atoms with Crippen molar-refractivity contribution in [2.24, 2.45) is 0 Å². The van der Waals surface area contributed by atoms with E-state index in [1.54, 1.807) is 42.1 Å². The zero-order valence-corrected chi connectivity index (χ0v) is 12.9. The molecule has 0 radical (unpaired) electrons. The number of ether oxygens (including phenoxy) is 1. The van der Waals surface area contributed by atoms with Gasteiger partial charge >= 0.3 is 5.97 Å². The van der Waals surface area contributed by atoms with Gasteiger partial charge in [-0.2, -0.15) is 5.10 Å². The fourth-order valence-electron chi connectivity index (χ4n) is 1.53. The molecule has 0 aromatic carbocycles. The van der Waals surface area contributed by atoms with Gasteiger partial charge < -0.3 is 4.74 Å². The predicted octanol–water partition coefficient (Wildman–Crippen LogP) is 3.26. The largest absolute Gasteiger partial charge is 0.463 e. The van der Waals surface area contributed by atoms with Gasteiger partial charge in [-0.05, 0) is 47.1 Å². The smallest absolute Gasteiger partial charge is 0.330 e. The molecule has 0 saturated carbocycles. The molecular weight excluding hydrogens is 346 g/mol. The summed E-state index contributed by atoms with van der Waals surface area (Å²) >= 11 is 9.39. The summed E-state index contributed by atoms with van der Waals surface area (Å²) in [5.74, 6) is 0.0758. The molecule has 2 heterocycles. The Morgan fingerprint density at radius 1 is 1.60 bits per heavy atom. The quantitative estimate of drug-likeness (QED) is 0.623. The summed E-state index contributed by atoms with van der Waals surface area (Å²) in [6.45, 7) is 2.08. The first-order valence-electron chi connectivity index (χ1n) is 5.83. The fourth-order valence-corrected chi connectivity index (χ4v) is 2.13. The van der Waals surface area contributed by atoms with E-state index < -0.39 is 5.97 Å². The van der Waals surface area contributed by atoms with Gasteiger partial charge in [-0.25, -0.2) is 14.5 Å². The highest BCUT2D eigenvalue weighted by molar-refractivity contribution is 9.10. The molecule has 20 heavy (non-hydrogen) atoms. The molecule has 104 valence electrons. The highest BCUT2D eigenvalue weighted by Crippen LogP contribution is 2.21. The highest BCUT2D eigenvalue weighted by Gasteiger charge is 2.10. The minimum Gasteiger partial charge on any atom is -0.463 e. The number of rotatable bonds is 4. The van der Waals surface area contributed by atoms with Crippen LogP contribution >= 0.6 is 27.5 Å². The second-order valence-corrected chi connectivity index (χ2v) is 4.92. The van der Waals surface area contributed by atoms with Crippen molar-refractivity contribution >= 4 is 39.6 Å². The first kappa shape index (κ1) is 14.7. The molecule has 2 aromatic heterocycles. The molecule has 0 aliphatic rings. The van der Waals surface area contributed by atoms with E-state index in [4.69, 9.17) is 16.3 Å². The number of halogens is 2. The zero-order valence-electron chi connectivity index (χ0n) is 10.6. The summed E-state index contributed by atoms with van der Waals surface area (Å²) in [4.78, 5) is 15.5. The van der Waals surface area contributed by atoms with Crippen LogP contribution in [0.5, 0.6) is 0 Å². The van der Waals surface area contributed by atoms with Gasteiger partial charge in [0.25, 0.3) is 0 Å². The third-order valence-electron chi connectivity index (χ3n) is 2.32. The Balaban J connectivity index is 2.36. The van der Waals surface area contributed by atoms with Gasteiger partial charge in [0.2, 0.25) is 0 Å². The van der Waals surface area contributed by atoms with Crippen LogP contribution in [0.15, 0.2) is 35.1 Å². The minimum absolute atomic E-state index is 0.332. The summed E-state index contributed by atoms with van der Waals surface area (Å²) in [7, 11) is 0. The van der Waals surface area contributed by atoms with Crippen LogP contribution in [-0.4, -0.2) is 27.3 Å². The third-order valence-corrected chi connectivity index (χ3v) is 3.01. The predicted molar refractivity (Wildman–Crippen MR) is 79.7 cm³/mol. The topological polar surface area (TPSA) is 57.0 Å². The van der Waals surface area contributed by atoms with E-state index in [1.807, 2.05) is 0 Å². The van der Waals surface area contributed by atoms with Crippen LogP contribution in [-0.2, 0) is 9.53 Å². The van der Waals surface area contributed by atoms with Gasteiger partial charge in [0.15, 0.2) is 5.82 Å². The van der Waals surface area contributed by atoms with Crippen molar-refractivity contribution in [3.63, 3.8) is 0 Å². The monoisotopic (exact) mass is 355 g/mol. The number of hydrogen-bond donors (Lipinski definition) is 0. The number of pyridine rings is 1. The third kappa shape index (κ3) is 3.46. The Labute approximate surface area is 129 Å². The summed E-state index contributed by atoms with van der Waals surface area (Å²) in [6, 6.07) is 5.21. The molecule has 0 atom stereocenters. The Morgan fingerprint density at radius 3 is 3.10 bits per heavy atom. The molecule has 0 unspecified atom stereocenters. The molecule has 2 rings (SSSR count). The van der Waals surface area contributed by atoms with E-state index in [-0.39, 0.29) is 0 Å². The molecule has 0 saturated heterocycles. The van der Waals surface area contributed by atoms with Crippen LogP contribution in [0.1, 0.15) is 12.6 Å². The molecule has 0 fully saturated rings. The number of esters is 1. The van der Waals surface area contributed by atoms with Gasteiger partial charge in [-0.15, -0.1) is 0 Å². The van der Waals surface area contributed by atoms with Crippen molar-refractivity contribution in [1.82, 2.24) is 14.8 Å². The summed E-state index contributed by atoms with van der Waals surface area (Å²) in [5, 5.41) is 4.72. The first-order valence-corrected chi connectivity index (χ1v) is 7.00. The molecule has 0 N–H and O–H groups in total. The van der Waals surface area contributed by atoms with Crippen LogP contribution in [0.25, 0.3) is 11.9 Å². The van der Waals surface area contributed by atoms with Crippen LogP contribution in [0, 0.1) is 0 Å². The molecule has 0 amide bonds. The molecule has 5 nitrogen and oxygen atoms in total. The number of carbonyl (C=O) groups excluding carboxylic acids is 1. The van der Waals surface area contributed by atoms with Crippen LogP contribution in [0.2, 0.25) is 5.02 Å². The highest BCUT2D eigenvalue weighted by atomic mass is 79.9. The lowest BCUT2D eigenvalue weighted by atomic mass is 10.3. The molecule has 0 aliphatic heterocycles. The van der Waals surface area contributed by atoms with Crippen molar-refractivity contribution < 1.29 is 9.53 Å².